The zero-order valence-corrected chi connectivity index (χ0v) is 16.0. The van der Waals surface area contributed by atoms with Crippen LogP contribution in [0.4, 0.5) is 11.4 Å². The van der Waals surface area contributed by atoms with E-state index in [9.17, 15) is 9.59 Å². The predicted octanol–water partition coefficient (Wildman–Crippen LogP) is 2.91. The maximum Gasteiger partial charge on any atom is 0.229 e. The van der Waals surface area contributed by atoms with E-state index in [1.165, 1.54) is 0 Å². The summed E-state index contributed by atoms with van der Waals surface area (Å²) in [5.74, 6) is 0.0553. The lowest BCUT2D eigenvalue weighted by molar-refractivity contribution is -0.126. The largest absolute Gasteiger partial charge is 0.331 e. The minimum atomic E-state index is -0.0394. The van der Waals surface area contributed by atoms with E-state index in [2.05, 4.69) is 21.3 Å². The number of carbonyl (C=O) groups excluding carboxylic acids is 2. The van der Waals surface area contributed by atoms with Crippen LogP contribution in [-0.2, 0) is 9.59 Å². The topological polar surface area (TPSA) is 82.3 Å². The maximum absolute atomic E-state index is 12.0. The Hall–Kier alpha value is -2.06. The number of thiocarbonyl (C=S) groups is 2. The molecule has 4 N–H and O–H groups in total. The summed E-state index contributed by atoms with van der Waals surface area (Å²) in [5.41, 5.74) is 1.35. The summed E-state index contributed by atoms with van der Waals surface area (Å²) in [7, 11) is 0. The summed E-state index contributed by atoms with van der Waals surface area (Å²) in [4.78, 5) is 24.0. The Labute approximate surface area is 163 Å². The molecule has 0 atom stereocenters. The van der Waals surface area contributed by atoms with E-state index in [1.54, 1.807) is 0 Å². The van der Waals surface area contributed by atoms with Gasteiger partial charge in [0.05, 0.1) is 11.4 Å². The van der Waals surface area contributed by atoms with Gasteiger partial charge in [0.15, 0.2) is 10.2 Å². The normalized spacial score (nSPS) is 16.6. The molecule has 0 unspecified atom stereocenters. The third-order valence-corrected chi connectivity index (χ3v) is 5.26. The Kier molecular flexibility index (Phi) is 6.16. The van der Waals surface area contributed by atoms with Gasteiger partial charge in [0.2, 0.25) is 11.8 Å². The number of hydrogen-bond donors (Lipinski definition) is 4. The zero-order valence-electron chi connectivity index (χ0n) is 14.3. The fraction of sp³-hybridized carbons (Fsp3) is 0.444. The molecule has 0 bridgehead atoms. The van der Waals surface area contributed by atoms with Gasteiger partial charge in [-0.05, 0) is 62.3 Å². The first-order chi connectivity index (χ1) is 12.5. The molecule has 2 aliphatic carbocycles. The molecule has 0 radical (unpaired) electrons. The quantitative estimate of drug-likeness (QED) is 0.592. The average molecular weight is 391 g/mol. The highest BCUT2D eigenvalue weighted by Gasteiger charge is 2.26. The monoisotopic (exact) mass is 390 g/mol. The van der Waals surface area contributed by atoms with Gasteiger partial charge in [-0.3, -0.25) is 9.59 Å². The number of benzene rings is 1. The van der Waals surface area contributed by atoms with Gasteiger partial charge >= 0.3 is 0 Å². The second-order valence-electron chi connectivity index (χ2n) is 6.69. The Morgan fingerprint density at radius 2 is 1.15 bits per heavy atom. The first-order valence-electron chi connectivity index (χ1n) is 8.85. The minimum Gasteiger partial charge on any atom is -0.331 e. The molecule has 2 saturated carbocycles. The summed E-state index contributed by atoms with van der Waals surface area (Å²) in [5, 5.41) is 12.0. The molecule has 8 heteroatoms. The number of para-hydroxylation sites is 2. The molecule has 0 spiro atoms. The van der Waals surface area contributed by atoms with Crippen molar-refractivity contribution in [1.29, 1.82) is 0 Å². The predicted molar refractivity (Wildman–Crippen MR) is 110 cm³/mol. The van der Waals surface area contributed by atoms with Crippen molar-refractivity contribution in [3.05, 3.63) is 24.3 Å². The fourth-order valence-electron chi connectivity index (χ4n) is 2.78. The molecule has 6 nitrogen and oxygen atoms in total. The van der Waals surface area contributed by atoms with Crippen LogP contribution >= 0.6 is 24.4 Å². The van der Waals surface area contributed by atoms with Crippen molar-refractivity contribution < 1.29 is 9.59 Å². The van der Waals surface area contributed by atoms with Crippen LogP contribution in [0, 0.1) is 11.8 Å². The number of hydrogen-bond acceptors (Lipinski definition) is 4. The van der Waals surface area contributed by atoms with Crippen molar-refractivity contribution in [1.82, 2.24) is 10.6 Å². The van der Waals surface area contributed by atoms with Gasteiger partial charge in [-0.1, -0.05) is 25.0 Å². The van der Waals surface area contributed by atoms with Crippen molar-refractivity contribution >= 4 is 57.8 Å². The Balaban J connectivity index is 1.54. The van der Waals surface area contributed by atoms with Crippen LogP contribution in [0.2, 0.25) is 0 Å². The Morgan fingerprint density at radius 3 is 1.46 bits per heavy atom. The molecule has 3 rings (SSSR count). The lowest BCUT2D eigenvalue weighted by atomic mass is 9.85. The Morgan fingerprint density at radius 1 is 0.769 bits per heavy atom. The summed E-state index contributed by atoms with van der Waals surface area (Å²) < 4.78 is 0. The molecule has 0 aliphatic heterocycles. The minimum absolute atomic E-state index is 0.0394. The molecular weight excluding hydrogens is 368 g/mol. The highest BCUT2D eigenvalue weighted by Crippen LogP contribution is 2.27. The summed E-state index contributed by atoms with van der Waals surface area (Å²) in [6.45, 7) is 0. The van der Waals surface area contributed by atoms with E-state index in [-0.39, 0.29) is 33.9 Å². The van der Waals surface area contributed by atoms with Crippen molar-refractivity contribution in [3.8, 4) is 0 Å². The highest BCUT2D eigenvalue weighted by atomic mass is 32.1. The number of carbonyl (C=O) groups is 2. The van der Waals surface area contributed by atoms with Gasteiger partial charge in [-0.2, -0.15) is 0 Å². The van der Waals surface area contributed by atoms with Crippen molar-refractivity contribution in [2.24, 2.45) is 11.8 Å². The third kappa shape index (κ3) is 4.76. The molecule has 138 valence electrons. The molecule has 2 amide bonds. The molecule has 0 heterocycles. The van der Waals surface area contributed by atoms with Gasteiger partial charge < -0.3 is 21.3 Å². The van der Waals surface area contributed by atoms with Crippen LogP contribution in [0.1, 0.15) is 38.5 Å². The SMILES string of the molecule is O=C(NC(=S)Nc1ccccc1NC(=S)NC(=O)C1CCC1)C1CCC1. The van der Waals surface area contributed by atoms with Crippen LogP contribution in [0.3, 0.4) is 0 Å². The van der Waals surface area contributed by atoms with Gasteiger partial charge in [0, 0.05) is 11.8 Å². The fourth-order valence-corrected chi connectivity index (χ4v) is 3.20. The third-order valence-electron chi connectivity index (χ3n) is 4.85. The molecule has 2 fully saturated rings. The Bertz CT molecular complexity index is 669. The zero-order chi connectivity index (χ0) is 18.5. The summed E-state index contributed by atoms with van der Waals surface area (Å²) in [6.07, 6.45) is 5.86. The van der Waals surface area contributed by atoms with Gasteiger partial charge in [-0.15, -0.1) is 0 Å². The van der Waals surface area contributed by atoms with Crippen LogP contribution in [0.5, 0.6) is 0 Å². The van der Waals surface area contributed by atoms with Crippen molar-refractivity contribution in [2.75, 3.05) is 10.6 Å². The average Bonchev–Trinajstić information content (AvgIpc) is 2.45. The lowest BCUT2D eigenvalue weighted by Gasteiger charge is -2.25. The number of amides is 2. The molecule has 2 aliphatic rings. The van der Waals surface area contributed by atoms with Crippen LogP contribution in [0.15, 0.2) is 24.3 Å². The number of nitrogens with one attached hydrogen (secondary N) is 4. The molecule has 1 aromatic carbocycles. The van der Waals surface area contributed by atoms with E-state index in [4.69, 9.17) is 24.4 Å². The van der Waals surface area contributed by atoms with Gasteiger partial charge in [-0.25, -0.2) is 0 Å². The van der Waals surface area contributed by atoms with E-state index in [0.29, 0.717) is 11.4 Å². The van der Waals surface area contributed by atoms with Crippen LogP contribution in [-0.4, -0.2) is 22.0 Å². The number of anilines is 2. The van der Waals surface area contributed by atoms with E-state index in [0.717, 1.165) is 38.5 Å². The van der Waals surface area contributed by atoms with Crippen LogP contribution < -0.4 is 21.3 Å². The summed E-state index contributed by atoms with van der Waals surface area (Å²) in [6, 6.07) is 7.33. The standard InChI is InChI=1S/C18H22N4O2S2/c23-15(11-5-3-6-11)21-17(25)19-13-9-1-2-10-14(13)20-18(26)22-16(24)12-7-4-8-12/h1-2,9-12H,3-8H2,(H2,19,21,23,25)(H2,20,22,24,26). The highest BCUT2D eigenvalue weighted by molar-refractivity contribution is 7.80. The molecule has 1 aromatic rings. The smallest absolute Gasteiger partial charge is 0.229 e. The summed E-state index contributed by atoms with van der Waals surface area (Å²) >= 11 is 10.5. The first kappa shape index (κ1) is 18.7. The van der Waals surface area contributed by atoms with Crippen molar-refractivity contribution in [3.63, 3.8) is 0 Å². The molecule has 0 saturated heterocycles. The molecular formula is C18H22N4O2S2. The molecule has 0 aromatic heterocycles. The van der Waals surface area contributed by atoms with E-state index in [1.807, 2.05) is 24.3 Å². The van der Waals surface area contributed by atoms with E-state index >= 15 is 0 Å². The van der Waals surface area contributed by atoms with Gasteiger partial charge in [0.1, 0.15) is 0 Å². The second kappa shape index (κ2) is 8.55. The molecule has 26 heavy (non-hydrogen) atoms. The lowest BCUT2D eigenvalue weighted by Crippen LogP contribution is -2.41. The van der Waals surface area contributed by atoms with Gasteiger partial charge in [0.25, 0.3) is 0 Å². The first-order valence-corrected chi connectivity index (χ1v) is 9.67. The number of rotatable bonds is 4. The van der Waals surface area contributed by atoms with Crippen LogP contribution in [0.25, 0.3) is 0 Å². The second-order valence-corrected chi connectivity index (χ2v) is 7.50. The van der Waals surface area contributed by atoms with Crippen molar-refractivity contribution in [2.45, 2.75) is 38.5 Å². The van der Waals surface area contributed by atoms with E-state index < -0.39 is 0 Å². The maximum atomic E-state index is 12.0.